The molecule has 162 valence electrons. The summed E-state index contributed by atoms with van der Waals surface area (Å²) in [5, 5.41) is 0. The van der Waals surface area contributed by atoms with E-state index in [2.05, 4.69) is 60.9 Å². The predicted molar refractivity (Wildman–Crippen MR) is 121 cm³/mol. The zero-order chi connectivity index (χ0) is 21.1. The van der Waals surface area contributed by atoms with Crippen LogP contribution in [0.2, 0.25) is 0 Å². The van der Waals surface area contributed by atoms with E-state index < -0.39 is 0 Å². The molecular formula is C25H34N2O3. The van der Waals surface area contributed by atoms with E-state index in [4.69, 9.17) is 14.2 Å². The van der Waals surface area contributed by atoms with Crippen LogP contribution in [0.25, 0.3) is 0 Å². The van der Waals surface area contributed by atoms with E-state index in [-0.39, 0.29) is 0 Å². The average molecular weight is 411 g/mol. The van der Waals surface area contributed by atoms with Gasteiger partial charge < -0.3 is 19.1 Å². The number of piperazine rings is 1. The molecule has 1 atom stereocenters. The molecule has 5 nitrogen and oxygen atoms in total. The van der Waals surface area contributed by atoms with Crippen molar-refractivity contribution in [2.45, 2.75) is 33.2 Å². The number of hydrogen-bond acceptors (Lipinski definition) is 5. The highest BCUT2D eigenvalue weighted by atomic mass is 16.5. The molecule has 0 N–H and O–H groups in total. The van der Waals surface area contributed by atoms with Crippen molar-refractivity contribution < 1.29 is 14.2 Å². The van der Waals surface area contributed by atoms with Gasteiger partial charge in [0.1, 0.15) is 18.1 Å². The third-order valence-corrected chi connectivity index (χ3v) is 6.68. The van der Waals surface area contributed by atoms with Gasteiger partial charge in [-0.05, 0) is 55.2 Å². The number of benzene rings is 2. The quantitative estimate of drug-likeness (QED) is 0.641. The summed E-state index contributed by atoms with van der Waals surface area (Å²) in [4.78, 5) is 5.07. The third kappa shape index (κ3) is 4.28. The van der Waals surface area contributed by atoms with Gasteiger partial charge in [0.15, 0.2) is 0 Å². The first-order valence-electron chi connectivity index (χ1n) is 11.0. The molecular weight excluding hydrogens is 376 g/mol. The minimum absolute atomic E-state index is 0.391. The molecule has 2 aliphatic rings. The molecule has 30 heavy (non-hydrogen) atoms. The number of methoxy groups -OCH3 is 1. The van der Waals surface area contributed by atoms with E-state index in [0.717, 1.165) is 50.7 Å². The Hall–Kier alpha value is -2.24. The van der Waals surface area contributed by atoms with Crippen molar-refractivity contribution in [2.75, 3.05) is 58.0 Å². The Morgan fingerprint density at radius 2 is 1.80 bits per heavy atom. The zero-order valence-corrected chi connectivity index (χ0v) is 18.7. The van der Waals surface area contributed by atoms with Crippen molar-refractivity contribution >= 4 is 5.69 Å². The number of nitrogens with zero attached hydrogens (tertiary/aromatic N) is 2. The first kappa shape index (κ1) is 21.0. The lowest BCUT2D eigenvalue weighted by molar-refractivity contribution is 0.146. The van der Waals surface area contributed by atoms with Crippen molar-refractivity contribution in [1.82, 2.24) is 4.90 Å². The molecule has 4 rings (SSSR count). The highest BCUT2D eigenvalue weighted by Crippen LogP contribution is 2.33. The maximum atomic E-state index is 5.88. The smallest absolute Gasteiger partial charge is 0.124 e. The number of ether oxygens (including phenoxy) is 3. The van der Waals surface area contributed by atoms with Crippen molar-refractivity contribution in [3.8, 4) is 11.5 Å². The van der Waals surface area contributed by atoms with Gasteiger partial charge in [-0.15, -0.1) is 0 Å². The molecule has 1 unspecified atom stereocenters. The van der Waals surface area contributed by atoms with E-state index in [0.29, 0.717) is 19.3 Å². The molecule has 0 radical (unpaired) electrons. The second kappa shape index (κ2) is 9.27. The van der Waals surface area contributed by atoms with Crippen LogP contribution in [0.4, 0.5) is 5.69 Å². The summed E-state index contributed by atoms with van der Waals surface area (Å²) in [5.74, 6) is 2.03. The lowest BCUT2D eigenvalue weighted by Crippen LogP contribution is -2.47. The van der Waals surface area contributed by atoms with E-state index in [1.165, 1.54) is 27.9 Å². The van der Waals surface area contributed by atoms with Gasteiger partial charge in [0.05, 0.1) is 13.2 Å². The monoisotopic (exact) mass is 410 g/mol. The molecule has 1 fully saturated rings. The lowest BCUT2D eigenvalue weighted by atomic mass is 9.96. The molecule has 0 aliphatic carbocycles. The molecule has 2 aliphatic heterocycles. The van der Waals surface area contributed by atoms with Crippen molar-refractivity contribution in [3.63, 3.8) is 0 Å². The van der Waals surface area contributed by atoms with Gasteiger partial charge in [0, 0.05) is 57.5 Å². The fourth-order valence-corrected chi connectivity index (χ4v) is 4.58. The second-order valence-electron chi connectivity index (χ2n) is 8.33. The molecule has 2 heterocycles. The van der Waals surface area contributed by atoms with Gasteiger partial charge >= 0.3 is 0 Å². The van der Waals surface area contributed by atoms with Crippen molar-refractivity contribution in [1.29, 1.82) is 0 Å². The van der Waals surface area contributed by atoms with Gasteiger partial charge in [0.25, 0.3) is 0 Å². The first-order valence-corrected chi connectivity index (χ1v) is 11.0. The fraction of sp³-hybridized carbons (Fsp3) is 0.520. The summed E-state index contributed by atoms with van der Waals surface area (Å²) >= 11 is 0. The fourth-order valence-electron chi connectivity index (χ4n) is 4.58. The number of rotatable bonds is 7. The molecule has 5 heteroatoms. The summed E-state index contributed by atoms with van der Waals surface area (Å²) in [7, 11) is 1.70. The first-order chi connectivity index (χ1) is 14.6. The van der Waals surface area contributed by atoms with E-state index in [1.54, 1.807) is 7.11 Å². The van der Waals surface area contributed by atoms with Crippen LogP contribution in [0, 0.1) is 13.8 Å². The average Bonchev–Trinajstić information content (AvgIpc) is 3.24. The van der Waals surface area contributed by atoms with E-state index >= 15 is 0 Å². The summed E-state index contributed by atoms with van der Waals surface area (Å²) in [6, 6.07) is 11.4. The molecule has 0 aromatic heterocycles. The number of anilines is 1. The Labute approximate surface area is 180 Å². The number of hydrogen-bond donors (Lipinski definition) is 0. The van der Waals surface area contributed by atoms with Crippen molar-refractivity contribution in [2.24, 2.45) is 0 Å². The zero-order valence-electron chi connectivity index (χ0n) is 18.7. The van der Waals surface area contributed by atoms with Crippen LogP contribution in [0.3, 0.4) is 0 Å². The minimum Gasteiger partial charge on any atom is -0.493 e. The Bertz CT molecular complexity index is 875. The molecule has 0 bridgehead atoms. The van der Waals surface area contributed by atoms with Gasteiger partial charge in [-0.2, -0.15) is 0 Å². The summed E-state index contributed by atoms with van der Waals surface area (Å²) in [5.41, 5.74) is 6.58. The van der Waals surface area contributed by atoms with Crippen LogP contribution in [0.1, 0.15) is 35.2 Å². The summed E-state index contributed by atoms with van der Waals surface area (Å²) in [6.45, 7) is 12.9. The molecule has 2 aromatic rings. The Morgan fingerprint density at radius 3 is 2.57 bits per heavy atom. The topological polar surface area (TPSA) is 34.2 Å². The summed E-state index contributed by atoms with van der Waals surface area (Å²) < 4.78 is 16.7. The van der Waals surface area contributed by atoms with Gasteiger partial charge in [-0.25, -0.2) is 0 Å². The van der Waals surface area contributed by atoms with Gasteiger partial charge in [-0.3, -0.25) is 4.90 Å². The highest BCUT2D eigenvalue weighted by molar-refractivity contribution is 5.55. The van der Waals surface area contributed by atoms with E-state index in [1.807, 2.05) is 0 Å². The summed E-state index contributed by atoms with van der Waals surface area (Å²) in [6.07, 6.45) is 1.04. The third-order valence-electron chi connectivity index (χ3n) is 6.68. The Balaban J connectivity index is 1.39. The molecule has 0 amide bonds. The largest absolute Gasteiger partial charge is 0.493 e. The SMILES string of the molecule is COCCOc1ccc(C(C)N2CCN(c3ccc4c(c3)OCC4)CC2)c(C)c1C. The van der Waals surface area contributed by atoms with Gasteiger partial charge in [0.2, 0.25) is 0 Å². The second-order valence-corrected chi connectivity index (χ2v) is 8.33. The normalized spacial score (nSPS) is 17.5. The van der Waals surface area contributed by atoms with Crippen LogP contribution >= 0.6 is 0 Å². The molecule has 0 spiro atoms. The van der Waals surface area contributed by atoms with Gasteiger partial charge in [-0.1, -0.05) is 12.1 Å². The highest BCUT2D eigenvalue weighted by Gasteiger charge is 2.25. The van der Waals surface area contributed by atoms with Crippen molar-refractivity contribution in [3.05, 3.63) is 52.6 Å². The van der Waals surface area contributed by atoms with Crippen LogP contribution in [0.15, 0.2) is 30.3 Å². The van der Waals surface area contributed by atoms with Crippen LogP contribution in [0.5, 0.6) is 11.5 Å². The minimum atomic E-state index is 0.391. The Morgan fingerprint density at radius 1 is 1.00 bits per heavy atom. The van der Waals surface area contributed by atoms with Crippen LogP contribution < -0.4 is 14.4 Å². The molecule has 1 saturated heterocycles. The lowest BCUT2D eigenvalue weighted by Gasteiger charge is -2.40. The van der Waals surface area contributed by atoms with Crippen LogP contribution in [-0.2, 0) is 11.2 Å². The number of fused-ring (bicyclic) bond motifs is 1. The maximum absolute atomic E-state index is 5.88. The maximum Gasteiger partial charge on any atom is 0.124 e. The predicted octanol–water partition coefficient (Wildman–Crippen LogP) is 4.15. The van der Waals surface area contributed by atoms with Crippen LogP contribution in [-0.4, -0.2) is 58.0 Å². The Kier molecular flexibility index (Phi) is 6.49. The van der Waals surface area contributed by atoms with E-state index in [9.17, 15) is 0 Å². The molecule has 0 saturated carbocycles. The molecule has 2 aromatic carbocycles. The standard InChI is InChI=1S/C25H34N2O3/c1-18-19(2)24(30-16-15-28-4)8-7-23(18)20(3)26-10-12-27(13-11-26)22-6-5-21-9-14-29-25(21)17-22/h5-8,17,20H,9-16H2,1-4H3.